The minimum atomic E-state index is -0.385. The number of oxime groups is 1. The average molecular weight is 188 g/mol. The lowest BCUT2D eigenvalue weighted by molar-refractivity contribution is -0.119. The van der Waals surface area contributed by atoms with Gasteiger partial charge >= 0.3 is 0 Å². The van der Waals surface area contributed by atoms with Gasteiger partial charge < -0.3 is 22.0 Å². The molecule has 0 fully saturated rings. The van der Waals surface area contributed by atoms with Crippen LogP contribution in [-0.4, -0.2) is 29.5 Å². The Morgan fingerprint density at radius 2 is 2.23 bits per heavy atom. The van der Waals surface area contributed by atoms with E-state index in [0.717, 1.165) is 0 Å². The highest BCUT2D eigenvalue weighted by atomic mass is 16.4. The second-order valence-electron chi connectivity index (χ2n) is 2.77. The highest BCUT2D eigenvalue weighted by molar-refractivity contribution is 5.80. The zero-order valence-electron chi connectivity index (χ0n) is 7.66. The van der Waals surface area contributed by atoms with Crippen molar-refractivity contribution in [3.8, 4) is 0 Å². The van der Waals surface area contributed by atoms with Crippen LogP contribution < -0.4 is 16.8 Å². The number of carbonyl (C=O) groups is 1. The second-order valence-corrected chi connectivity index (χ2v) is 2.77. The Balaban J connectivity index is 3.41. The van der Waals surface area contributed by atoms with Crippen LogP contribution in [0.5, 0.6) is 0 Å². The molecule has 6 N–H and O–H groups in total. The van der Waals surface area contributed by atoms with Crippen LogP contribution in [0.15, 0.2) is 5.16 Å². The lowest BCUT2D eigenvalue weighted by Gasteiger charge is -2.08. The molecule has 0 radical (unpaired) electrons. The highest BCUT2D eigenvalue weighted by Gasteiger charge is 2.05. The van der Waals surface area contributed by atoms with E-state index < -0.39 is 0 Å². The maximum Gasteiger partial charge on any atom is 0.234 e. The normalized spacial score (nSPS) is 14.1. The fourth-order valence-corrected chi connectivity index (χ4v) is 0.739. The predicted octanol–water partition coefficient (Wildman–Crippen LogP) is -1.02. The fraction of sp³-hybridized carbons (Fsp3) is 0.714. The van der Waals surface area contributed by atoms with Crippen molar-refractivity contribution >= 4 is 11.7 Å². The summed E-state index contributed by atoms with van der Waals surface area (Å²) in [4.78, 5) is 10.6. The highest BCUT2D eigenvalue weighted by Crippen LogP contribution is 1.88. The number of amides is 1. The minimum Gasteiger partial charge on any atom is -0.409 e. The van der Waals surface area contributed by atoms with Gasteiger partial charge in [-0.05, 0) is 19.9 Å². The Morgan fingerprint density at radius 1 is 1.62 bits per heavy atom. The first-order chi connectivity index (χ1) is 6.07. The number of primary amides is 1. The van der Waals surface area contributed by atoms with Crippen molar-refractivity contribution in [2.75, 3.05) is 6.54 Å². The Hall–Kier alpha value is -1.30. The van der Waals surface area contributed by atoms with Crippen LogP contribution in [0, 0.1) is 0 Å². The molecule has 6 nitrogen and oxygen atoms in total. The number of carbonyl (C=O) groups excluding carboxylic acids is 1. The van der Waals surface area contributed by atoms with Gasteiger partial charge in [0, 0.05) is 6.42 Å². The SMILES string of the molecule is CC(NCCCC(N)=NO)C(N)=O. The smallest absolute Gasteiger partial charge is 0.234 e. The van der Waals surface area contributed by atoms with Gasteiger partial charge in [0.2, 0.25) is 5.91 Å². The summed E-state index contributed by atoms with van der Waals surface area (Å²) in [5, 5.41) is 13.9. The molecule has 13 heavy (non-hydrogen) atoms. The van der Waals surface area contributed by atoms with Crippen LogP contribution in [0.25, 0.3) is 0 Å². The largest absolute Gasteiger partial charge is 0.409 e. The van der Waals surface area contributed by atoms with E-state index in [0.29, 0.717) is 19.4 Å². The molecule has 6 heteroatoms. The van der Waals surface area contributed by atoms with E-state index in [1.54, 1.807) is 6.92 Å². The third kappa shape index (κ3) is 5.92. The molecule has 0 aliphatic heterocycles. The van der Waals surface area contributed by atoms with E-state index in [9.17, 15) is 4.79 Å². The molecule has 0 aromatic heterocycles. The molecular formula is C7H16N4O2. The number of hydrogen-bond acceptors (Lipinski definition) is 4. The number of rotatable bonds is 6. The van der Waals surface area contributed by atoms with Crippen LogP contribution in [0.2, 0.25) is 0 Å². The third-order valence-corrected chi connectivity index (χ3v) is 1.62. The molecule has 0 aromatic carbocycles. The summed E-state index contributed by atoms with van der Waals surface area (Å²) in [7, 11) is 0. The molecule has 0 bridgehead atoms. The summed E-state index contributed by atoms with van der Waals surface area (Å²) in [5.41, 5.74) is 10.2. The van der Waals surface area contributed by atoms with Crippen molar-refractivity contribution in [1.29, 1.82) is 0 Å². The molecule has 0 aromatic rings. The van der Waals surface area contributed by atoms with Crippen LogP contribution in [-0.2, 0) is 4.79 Å². The monoisotopic (exact) mass is 188 g/mol. The minimum absolute atomic E-state index is 0.188. The number of hydrogen-bond donors (Lipinski definition) is 4. The van der Waals surface area contributed by atoms with Crippen LogP contribution in [0.4, 0.5) is 0 Å². The van der Waals surface area contributed by atoms with Crippen LogP contribution in [0.3, 0.4) is 0 Å². The zero-order chi connectivity index (χ0) is 10.3. The molecule has 1 atom stereocenters. The van der Waals surface area contributed by atoms with Crippen molar-refractivity contribution < 1.29 is 10.0 Å². The second kappa shape index (κ2) is 6.24. The van der Waals surface area contributed by atoms with Gasteiger partial charge in [0.1, 0.15) is 5.84 Å². The summed E-state index contributed by atoms with van der Waals surface area (Å²) < 4.78 is 0. The van der Waals surface area contributed by atoms with Gasteiger partial charge in [0.15, 0.2) is 0 Å². The Kier molecular flexibility index (Phi) is 5.62. The number of nitrogens with one attached hydrogen (secondary N) is 1. The van der Waals surface area contributed by atoms with E-state index in [1.165, 1.54) is 0 Å². The Morgan fingerprint density at radius 3 is 2.69 bits per heavy atom. The molecule has 0 aliphatic rings. The lowest BCUT2D eigenvalue weighted by atomic mass is 10.2. The summed E-state index contributed by atoms with van der Waals surface area (Å²) in [6.45, 7) is 2.30. The summed E-state index contributed by atoms with van der Waals surface area (Å²) in [6.07, 6.45) is 1.20. The van der Waals surface area contributed by atoms with Crippen molar-refractivity contribution in [1.82, 2.24) is 5.32 Å². The average Bonchev–Trinajstić information content (AvgIpc) is 2.11. The Bertz CT molecular complexity index is 193. The van der Waals surface area contributed by atoms with Crippen molar-refractivity contribution in [3.05, 3.63) is 0 Å². The number of amidine groups is 1. The van der Waals surface area contributed by atoms with Crippen molar-refractivity contribution in [3.63, 3.8) is 0 Å². The van der Waals surface area contributed by atoms with Gasteiger partial charge in [-0.15, -0.1) is 0 Å². The van der Waals surface area contributed by atoms with E-state index >= 15 is 0 Å². The standard InChI is InChI=1S/C7H16N4O2/c1-5(7(9)12)10-4-2-3-6(8)11-13/h5,10,13H,2-4H2,1H3,(H2,8,11)(H2,9,12). The van der Waals surface area contributed by atoms with E-state index in [-0.39, 0.29) is 17.8 Å². The van der Waals surface area contributed by atoms with Crippen molar-refractivity contribution in [2.45, 2.75) is 25.8 Å². The van der Waals surface area contributed by atoms with Crippen LogP contribution >= 0.6 is 0 Å². The quantitative estimate of drug-likeness (QED) is 0.140. The summed E-state index contributed by atoms with van der Waals surface area (Å²) in [6, 6.07) is -0.340. The summed E-state index contributed by atoms with van der Waals surface area (Å²) in [5.74, 6) is -0.197. The zero-order valence-corrected chi connectivity index (χ0v) is 7.66. The Labute approximate surface area is 77.0 Å². The van der Waals surface area contributed by atoms with Gasteiger partial charge in [-0.3, -0.25) is 4.79 Å². The molecule has 0 saturated heterocycles. The maximum atomic E-state index is 10.6. The maximum absolute atomic E-state index is 10.6. The van der Waals surface area contributed by atoms with E-state index in [4.69, 9.17) is 16.7 Å². The molecule has 0 heterocycles. The van der Waals surface area contributed by atoms with Gasteiger partial charge in [-0.1, -0.05) is 5.16 Å². The molecule has 0 rings (SSSR count). The molecule has 0 saturated carbocycles. The molecule has 1 unspecified atom stereocenters. The molecular weight excluding hydrogens is 172 g/mol. The van der Waals surface area contributed by atoms with Crippen molar-refractivity contribution in [2.24, 2.45) is 16.6 Å². The first kappa shape index (κ1) is 11.7. The van der Waals surface area contributed by atoms with E-state index in [1.807, 2.05) is 0 Å². The lowest BCUT2D eigenvalue weighted by Crippen LogP contribution is -2.39. The molecule has 1 amide bonds. The summed E-state index contributed by atoms with van der Waals surface area (Å²) >= 11 is 0. The fourth-order valence-electron chi connectivity index (χ4n) is 0.739. The third-order valence-electron chi connectivity index (χ3n) is 1.62. The number of nitrogens with two attached hydrogens (primary N) is 2. The van der Waals surface area contributed by atoms with Gasteiger partial charge in [0.05, 0.1) is 6.04 Å². The predicted molar refractivity (Wildman–Crippen MR) is 49.3 cm³/mol. The topological polar surface area (TPSA) is 114 Å². The molecule has 0 spiro atoms. The first-order valence-corrected chi connectivity index (χ1v) is 4.07. The van der Waals surface area contributed by atoms with E-state index in [2.05, 4.69) is 10.5 Å². The van der Waals surface area contributed by atoms with Gasteiger partial charge in [-0.2, -0.15) is 0 Å². The number of nitrogens with zero attached hydrogens (tertiary/aromatic N) is 1. The molecule has 0 aliphatic carbocycles. The van der Waals surface area contributed by atoms with Gasteiger partial charge in [-0.25, -0.2) is 0 Å². The molecule has 76 valence electrons. The first-order valence-electron chi connectivity index (χ1n) is 4.07. The van der Waals surface area contributed by atoms with Crippen LogP contribution in [0.1, 0.15) is 19.8 Å². The van der Waals surface area contributed by atoms with Gasteiger partial charge in [0.25, 0.3) is 0 Å².